The van der Waals surface area contributed by atoms with Crippen molar-refractivity contribution in [3.05, 3.63) is 59.7 Å². The van der Waals surface area contributed by atoms with Crippen molar-refractivity contribution in [1.29, 1.82) is 0 Å². The van der Waals surface area contributed by atoms with E-state index in [2.05, 4.69) is 59.7 Å². The van der Waals surface area contributed by atoms with E-state index in [-0.39, 0.29) is 0 Å². The molecule has 0 saturated heterocycles. The molecule has 0 aliphatic heterocycles. The average molecular weight is 314 g/mol. The Morgan fingerprint density at radius 1 is 1.14 bits per heavy atom. The van der Waals surface area contributed by atoms with E-state index in [9.17, 15) is 0 Å². The summed E-state index contributed by atoms with van der Waals surface area (Å²) in [6.45, 7) is 2.17. The van der Waals surface area contributed by atoms with Crippen molar-refractivity contribution in [2.24, 2.45) is 0 Å². The van der Waals surface area contributed by atoms with Gasteiger partial charge in [0, 0.05) is 11.8 Å². The quantitative estimate of drug-likeness (QED) is 0.693. The minimum atomic E-state index is 0.350. The number of para-hydroxylation sites is 1. The summed E-state index contributed by atoms with van der Waals surface area (Å²) in [7, 11) is 2.02. The summed E-state index contributed by atoms with van der Waals surface area (Å²) in [5.41, 5.74) is 3.80. The van der Waals surface area contributed by atoms with E-state index in [4.69, 9.17) is 0 Å². The monoisotopic (exact) mass is 314 g/mol. The van der Waals surface area contributed by atoms with Crippen molar-refractivity contribution < 1.29 is 0 Å². The summed E-state index contributed by atoms with van der Waals surface area (Å²) in [5, 5.41) is 3.42. The normalized spacial score (nSPS) is 12.7. The maximum Gasteiger partial charge on any atom is 0.151 e. The lowest BCUT2D eigenvalue weighted by Crippen LogP contribution is -2.19. The van der Waals surface area contributed by atoms with Crippen LogP contribution in [0.2, 0.25) is 0 Å². The van der Waals surface area contributed by atoms with Crippen LogP contribution in [-0.4, -0.2) is 17.8 Å². The molecule has 4 heteroatoms. The van der Waals surface area contributed by atoms with E-state index in [1.165, 1.54) is 15.8 Å². The third-order valence-electron chi connectivity index (χ3n) is 3.56. The van der Waals surface area contributed by atoms with Crippen LogP contribution in [0.15, 0.2) is 52.9 Å². The van der Waals surface area contributed by atoms with Crippen molar-refractivity contribution >= 4 is 33.3 Å². The van der Waals surface area contributed by atoms with E-state index in [1.54, 1.807) is 11.3 Å². The van der Waals surface area contributed by atoms with Crippen LogP contribution in [0.1, 0.15) is 17.2 Å². The molecule has 0 saturated carbocycles. The highest BCUT2D eigenvalue weighted by Crippen LogP contribution is 2.32. The maximum atomic E-state index is 4.69. The predicted molar refractivity (Wildman–Crippen MR) is 93.3 cm³/mol. The SMILES string of the molecule is CNC(CSc1nc2ccccc2s1)c1ccccc1C. The van der Waals surface area contributed by atoms with Gasteiger partial charge in [0.15, 0.2) is 4.34 Å². The molecule has 1 atom stereocenters. The third-order valence-corrected chi connectivity index (χ3v) is 5.83. The van der Waals surface area contributed by atoms with Crippen LogP contribution in [-0.2, 0) is 0 Å². The largest absolute Gasteiger partial charge is 0.312 e. The maximum absolute atomic E-state index is 4.69. The molecule has 2 nitrogen and oxygen atoms in total. The molecule has 21 heavy (non-hydrogen) atoms. The summed E-state index contributed by atoms with van der Waals surface area (Å²) < 4.78 is 2.40. The van der Waals surface area contributed by atoms with Crippen molar-refractivity contribution in [2.45, 2.75) is 17.3 Å². The van der Waals surface area contributed by atoms with Crippen LogP contribution >= 0.6 is 23.1 Å². The number of benzene rings is 2. The second-order valence-electron chi connectivity index (χ2n) is 4.96. The van der Waals surface area contributed by atoms with Gasteiger partial charge in [-0.3, -0.25) is 0 Å². The van der Waals surface area contributed by atoms with Gasteiger partial charge in [-0.1, -0.05) is 48.2 Å². The number of fused-ring (bicyclic) bond motifs is 1. The van der Waals surface area contributed by atoms with Crippen LogP contribution < -0.4 is 5.32 Å². The highest BCUT2D eigenvalue weighted by atomic mass is 32.2. The third kappa shape index (κ3) is 3.28. The molecule has 0 spiro atoms. The van der Waals surface area contributed by atoms with Crippen molar-refractivity contribution in [1.82, 2.24) is 10.3 Å². The number of rotatable bonds is 5. The number of hydrogen-bond acceptors (Lipinski definition) is 4. The van der Waals surface area contributed by atoms with E-state index < -0.39 is 0 Å². The molecule has 0 aliphatic carbocycles. The Kier molecular flexibility index (Phi) is 4.58. The summed E-state index contributed by atoms with van der Waals surface area (Å²) in [6, 6.07) is 17.2. The van der Waals surface area contributed by atoms with Gasteiger partial charge in [0.25, 0.3) is 0 Å². The first-order valence-electron chi connectivity index (χ1n) is 6.99. The molecule has 108 valence electrons. The number of nitrogens with zero attached hydrogens (tertiary/aromatic N) is 1. The van der Waals surface area contributed by atoms with E-state index >= 15 is 0 Å². The first-order chi connectivity index (χ1) is 10.3. The van der Waals surface area contributed by atoms with Gasteiger partial charge in [-0.25, -0.2) is 4.98 Å². The van der Waals surface area contributed by atoms with Crippen molar-refractivity contribution in [3.63, 3.8) is 0 Å². The molecule has 0 bridgehead atoms. The van der Waals surface area contributed by atoms with Crippen LogP contribution in [0.5, 0.6) is 0 Å². The molecular weight excluding hydrogens is 296 g/mol. The molecule has 1 aromatic heterocycles. The zero-order valence-electron chi connectivity index (χ0n) is 12.2. The summed E-state index contributed by atoms with van der Waals surface area (Å²) in [4.78, 5) is 4.69. The Morgan fingerprint density at radius 3 is 2.67 bits per heavy atom. The highest BCUT2D eigenvalue weighted by molar-refractivity contribution is 8.01. The van der Waals surface area contributed by atoms with Gasteiger partial charge in [0.05, 0.1) is 10.2 Å². The zero-order valence-corrected chi connectivity index (χ0v) is 13.8. The molecule has 0 aliphatic rings. The van der Waals surface area contributed by atoms with Crippen LogP contribution in [0.3, 0.4) is 0 Å². The molecule has 1 heterocycles. The second kappa shape index (κ2) is 6.60. The lowest BCUT2D eigenvalue weighted by Gasteiger charge is -2.17. The van der Waals surface area contributed by atoms with Crippen molar-refractivity contribution in [3.8, 4) is 0 Å². The number of thioether (sulfide) groups is 1. The molecule has 1 unspecified atom stereocenters. The fourth-order valence-corrected chi connectivity index (χ4v) is 4.60. The Balaban J connectivity index is 1.74. The lowest BCUT2D eigenvalue weighted by molar-refractivity contribution is 0.658. The standard InChI is InChI=1S/C17H18N2S2/c1-12-7-3-4-8-13(12)15(18-2)11-20-17-19-14-9-5-6-10-16(14)21-17/h3-10,15,18H,11H2,1-2H3. The van der Waals surface area contributed by atoms with E-state index in [0.717, 1.165) is 15.6 Å². The predicted octanol–water partition coefficient (Wildman–Crippen LogP) is 4.66. The Hall–Kier alpha value is -1.36. The van der Waals surface area contributed by atoms with Crippen LogP contribution in [0, 0.1) is 6.92 Å². The fourth-order valence-electron chi connectivity index (χ4n) is 2.37. The first-order valence-corrected chi connectivity index (χ1v) is 8.79. The van der Waals surface area contributed by atoms with E-state index in [1.807, 2.05) is 24.9 Å². The number of nitrogens with one attached hydrogen (secondary N) is 1. The van der Waals surface area contributed by atoms with Gasteiger partial charge in [0.2, 0.25) is 0 Å². The van der Waals surface area contributed by atoms with Crippen LogP contribution in [0.25, 0.3) is 10.2 Å². The topological polar surface area (TPSA) is 24.9 Å². The molecule has 3 aromatic rings. The van der Waals surface area contributed by atoms with E-state index in [0.29, 0.717) is 6.04 Å². The summed E-state index contributed by atoms with van der Waals surface area (Å²) in [6.07, 6.45) is 0. The van der Waals surface area contributed by atoms with Gasteiger partial charge in [-0.2, -0.15) is 0 Å². The highest BCUT2D eigenvalue weighted by Gasteiger charge is 2.13. The summed E-state index contributed by atoms with van der Waals surface area (Å²) in [5.74, 6) is 0.987. The van der Waals surface area contributed by atoms with Gasteiger partial charge < -0.3 is 5.32 Å². The van der Waals surface area contributed by atoms with Crippen LogP contribution in [0.4, 0.5) is 0 Å². The van der Waals surface area contributed by atoms with Gasteiger partial charge in [0.1, 0.15) is 0 Å². The molecule has 3 rings (SSSR count). The molecule has 0 radical (unpaired) electrons. The molecule has 0 fully saturated rings. The Morgan fingerprint density at radius 2 is 1.90 bits per heavy atom. The summed E-state index contributed by atoms with van der Waals surface area (Å²) >= 11 is 3.60. The molecule has 2 aromatic carbocycles. The average Bonchev–Trinajstić information content (AvgIpc) is 2.92. The first kappa shape index (κ1) is 14.6. The Labute approximate surface area is 133 Å². The second-order valence-corrected chi connectivity index (χ2v) is 7.25. The fraction of sp³-hybridized carbons (Fsp3) is 0.235. The van der Waals surface area contributed by atoms with Gasteiger partial charge in [-0.15, -0.1) is 11.3 Å². The molecule has 0 amide bonds. The minimum Gasteiger partial charge on any atom is -0.312 e. The zero-order chi connectivity index (χ0) is 14.7. The number of aromatic nitrogens is 1. The minimum absolute atomic E-state index is 0.350. The van der Waals surface area contributed by atoms with Gasteiger partial charge >= 0.3 is 0 Å². The lowest BCUT2D eigenvalue weighted by atomic mass is 10.0. The number of hydrogen-bond donors (Lipinski definition) is 1. The van der Waals surface area contributed by atoms with Gasteiger partial charge in [-0.05, 0) is 37.2 Å². The number of aryl methyl sites for hydroxylation is 1. The van der Waals surface area contributed by atoms with Crippen molar-refractivity contribution in [2.75, 3.05) is 12.8 Å². The molecule has 1 N–H and O–H groups in total. The number of thiazole rings is 1. The Bertz CT molecular complexity index is 703. The smallest absolute Gasteiger partial charge is 0.151 e. The molecular formula is C17H18N2S2.